The van der Waals surface area contributed by atoms with Crippen LogP contribution in [0.25, 0.3) is 11.4 Å². The molecule has 7 heteroatoms. The zero-order valence-corrected chi connectivity index (χ0v) is 15.8. The van der Waals surface area contributed by atoms with Gasteiger partial charge in [-0.3, -0.25) is 10.00 Å². The van der Waals surface area contributed by atoms with Gasteiger partial charge in [-0.15, -0.1) is 0 Å². The highest BCUT2D eigenvalue weighted by molar-refractivity contribution is 7.71. The second-order valence-corrected chi connectivity index (χ2v) is 7.47. The molecule has 1 heterocycles. The van der Waals surface area contributed by atoms with Crippen LogP contribution in [0.2, 0.25) is 5.02 Å². The van der Waals surface area contributed by atoms with Crippen molar-refractivity contribution in [2.75, 3.05) is 13.7 Å². The van der Waals surface area contributed by atoms with E-state index in [2.05, 4.69) is 28.8 Å². The molecule has 1 aromatic heterocycles. The first-order chi connectivity index (χ1) is 11.5. The van der Waals surface area contributed by atoms with Gasteiger partial charge in [-0.25, -0.2) is 4.68 Å². The molecule has 0 unspecified atom stereocenters. The molecule has 0 radical (unpaired) electrons. The zero-order valence-electron chi connectivity index (χ0n) is 14.3. The van der Waals surface area contributed by atoms with E-state index in [0.717, 1.165) is 24.5 Å². The Morgan fingerprint density at radius 2 is 2.21 bits per heavy atom. The lowest BCUT2D eigenvalue weighted by Gasteiger charge is -2.23. The van der Waals surface area contributed by atoms with Crippen LogP contribution in [0, 0.1) is 10.7 Å². The topological polar surface area (TPSA) is 46.1 Å². The average molecular weight is 367 g/mol. The van der Waals surface area contributed by atoms with Crippen molar-refractivity contribution in [3.63, 3.8) is 0 Å². The molecule has 1 aliphatic carbocycles. The molecule has 5 nitrogen and oxygen atoms in total. The van der Waals surface area contributed by atoms with Gasteiger partial charge in [-0.05, 0) is 49.2 Å². The normalized spacial score (nSPS) is 14.6. The second kappa shape index (κ2) is 7.25. The molecule has 0 atom stereocenters. The van der Waals surface area contributed by atoms with E-state index in [4.69, 9.17) is 28.6 Å². The van der Waals surface area contributed by atoms with E-state index in [9.17, 15) is 0 Å². The summed E-state index contributed by atoms with van der Waals surface area (Å²) < 4.78 is 7.88. The number of nitrogens with one attached hydrogen (secondary N) is 1. The Morgan fingerprint density at radius 3 is 2.83 bits per heavy atom. The summed E-state index contributed by atoms with van der Waals surface area (Å²) in [5.41, 5.74) is 0.816. The predicted molar refractivity (Wildman–Crippen MR) is 99.0 cm³/mol. The van der Waals surface area contributed by atoms with Crippen molar-refractivity contribution >= 4 is 23.8 Å². The number of halogens is 1. The number of methoxy groups -OCH3 is 1. The third-order valence-corrected chi connectivity index (χ3v) is 4.63. The molecule has 1 saturated carbocycles. The zero-order chi connectivity index (χ0) is 17.3. The fraction of sp³-hybridized carbons (Fsp3) is 0.529. The molecule has 0 amide bonds. The van der Waals surface area contributed by atoms with Crippen LogP contribution in [0.1, 0.15) is 26.7 Å². The van der Waals surface area contributed by atoms with E-state index < -0.39 is 0 Å². The number of ether oxygens (including phenoxy) is 1. The summed E-state index contributed by atoms with van der Waals surface area (Å²) in [6.07, 6.45) is 2.53. The molecule has 0 spiro atoms. The van der Waals surface area contributed by atoms with Crippen LogP contribution in [0.5, 0.6) is 5.75 Å². The van der Waals surface area contributed by atoms with Gasteiger partial charge in [0.1, 0.15) is 5.75 Å². The van der Waals surface area contributed by atoms with Crippen molar-refractivity contribution in [3.05, 3.63) is 28.0 Å². The lowest BCUT2D eigenvalue weighted by atomic mass is 10.2. The molecular weight excluding hydrogens is 344 g/mol. The van der Waals surface area contributed by atoms with Crippen molar-refractivity contribution in [2.24, 2.45) is 5.92 Å². The number of H-pyrrole nitrogens is 1. The fourth-order valence-corrected chi connectivity index (χ4v) is 3.22. The van der Waals surface area contributed by atoms with Gasteiger partial charge >= 0.3 is 0 Å². The molecule has 1 aliphatic rings. The number of rotatable bonds is 7. The van der Waals surface area contributed by atoms with Gasteiger partial charge in [-0.1, -0.05) is 25.4 Å². The third-order valence-electron chi connectivity index (χ3n) is 4.08. The lowest BCUT2D eigenvalue weighted by Crippen LogP contribution is -2.32. The number of aromatic nitrogens is 3. The van der Waals surface area contributed by atoms with Gasteiger partial charge in [0, 0.05) is 17.6 Å². The van der Waals surface area contributed by atoms with Crippen LogP contribution >= 0.6 is 23.8 Å². The van der Waals surface area contributed by atoms with Crippen LogP contribution in [0.3, 0.4) is 0 Å². The Balaban J connectivity index is 1.87. The molecule has 0 aliphatic heterocycles. The average Bonchev–Trinajstić information content (AvgIpc) is 3.31. The monoisotopic (exact) mass is 366 g/mol. The summed E-state index contributed by atoms with van der Waals surface area (Å²) in [4.78, 5) is 6.97. The molecule has 0 bridgehead atoms. The number of hydrogen-bond donors (Lipinski definition) is 1. The summed E-state index contributed by atoms with van der Waals surface area (Å²) >= 11 is 11.6. The maximum atomic E-state index is 6.12. The second-order valence-electron chi connectivity index (χ2n) is 6.67. The number of hydrogen-bond acceptors (Lipinski definition) is 4. The van der Waals surface area contributed by atoms with Crippen molar-refractivity contribution in [1.29, 1.82) is 0 Å². The highest BCUT2D eigenvalue weighted by Gasteiger charge is 2.29. The minimum absolute atomic E-state index is 0.543. The number of nitrogens with zero attached hydrogens (tertiary/aromatic N) is 3. The van der Waals surface area contributed by atoms with Crippen LogP contribution in [-0.4, -0.2) is 39.4 Å². The summed E-state index contributed by atoms with van der Waals surface area (Å²) in [7, 11) is 1.63. The van der Waals surface area contributed by atoms with Crippen molar-refractivity contribution in [1.82, 2.24) is 19.7 Å². The molecular formula is C17H23ClN4OS. The third kappa shape index (κ3) is 3.99. The summed E-state index contributed by atoms with van der Waals surface area (Å²) in [6.45, 7) is 6.27. The first-order valence-electron chi connectivity index (χ1n) is 8.22. The Bertz CT molecular complexity index is 766. The maximum Gasteiger partial charge on any atom is 0.217 e. The maximum absolute atomic E-state index is 6.12. The highest BCUT2D eigenvalue weighted by Crippen LogP contribution is 2.31. The lowest BCUT2D eigenvalue weighted by molar-refractivity contribution is 0.174. The minimum atomic E-state index is 0.543. The molecule has 3 rings (SSSR count). The van der Waals surface area contributed by atoms with E-state index in [1.807, 2.05) is 16.8 Å². The molecule has 130 valence electrons. The van der Waals surface area contributed by atoms with E-state index in [1.54, 1.807) is 13.2 Å². The largest absolute Gasteiger partial charge is 0.496 e. The Kier molecular flexibility index (Phi) is 5.27. The van der Waals surface area contributed by atoms with Crippen molar-refractivity contribution < 1.29 is 4.74 Å². The first kappa shape index (κ1) is 17.5. The summed E-state index contributed by atoms with van der Waals surface area (Å²) in [5, 5.41) is 3.95. The predicted octanol–water partition coefficient (Wildman–Crippen LogP) is 4.35. The van der Waals surface area contributed by atoms with Gasteiger partial charge in [0.15, 0.2) is 5.82 Å². The SMILES string of the molecule is COc1ccc(Cl)cc1-c1nc(=S)n(CN(CC(C)C)C2CC2)[nH]1. The molecule has 1 aromatic carbocycles. The first-order valence-corrected chi connectivity index (χ1v) is 9.01. The molecule has 1 fully saturated rings. The van der Waals surface area contributed by atoms with E-state index in [-0.39, 0.29) is 0 Å². The van der Waals surface area contributed by atoms with Crippen LogP contribution < -0.4 is 4.74 Å². The molecule has 2 aromatic rings. The number of aromatic amines is 1. The fourth-order valence-electron chi connectivity index (χ4n) is 2.85. The molecule has 0 saturated heterocycles. The summed E-state index contributed by atoms with van der Waals surface area (Å²) in [5.74, 6) is 2.02. The van der Waals surface area contributed by atoms with Crippen LogP contribution in [0.4, 0.5) is 0 Å². The van der Waals surface area contributed by atoms with E-state index in [0.29, 0.717) is 27.6 Å². The molecule has 24 heavy (non-hydrogen) atoms. The molecule has 1 N–H and O–H groups in total. The van der Waals surface area contributed by atoms with Crippen molar-refractivity contribution in [2.45, 2.75) is 39.4 Å². The van der Waals surface area contributed by atoms with E-state index >= 15 is 0 Å². The smallest absolute Gasteiger partial charge is 0.217 e. The standard InChI is InChI=1S/C17H23ClN4OS/c1-11(2)9-21(13-5-6-13)10-22-17(24)19-16(20-22)14-8-12(18)4-7-15(14)23-3/h4,7-8,11,13H,5-6,9-10H2,1-3H3,(H,19,20,24). The van der Waals surface area contributed by atoms with Crippen LogP contribution in [0.15, 0.2) is 18.2 Å². The Labute approximate surface area is 152 Å². The highest BCUT2D eigenvalue weighted by atomic mass is 35.5. The summed E-state index contributed by atoms with van der Waals surface area (Å²) in [6, 6.07) is 6.14. The van der Waals surface area contributed by atoms with Gasteiger partial charge < -0.3 is 4.74 Å². The minimum Gasteiger partial charge on any atom is -0.496 e. The van der Waals surface area contributed by atoms with Crippen LogP contribution in [-0.2, 0) is 6.67 Å². The quantitative estimate of drug-likeness (QED) is 0.740. The van der Waals surface area contributed by atoms with Gasteiger partial charge in [0.05, 0.1) is 19.3 Å². The number of benzene rings is 1. The van der Waals surface area contributed by atoms with Gasteiger partial charge in [0.25, 0.3) is 0 Å². The van der Waals surface area contributed by atoms with Gasteiger partial charge in [0.2, 0.25) is 4.77 Å². The van der Waals surface area contributed by atoms with Crippen molar-refractivity contribution in [3.8, 4) is 17.1 Å². The van der Waals surface area contributed by atoms with Gasteiger partial charge in [-0.2, -0.15) is 4.98 Å². The van der Waals surface area contributed by atoms with E-state index in [1.165, 1.54) is 12.8 Å². The Hall–Kier alpha value is -1.37. The Morgan fingerprint density at radius 1 is 1.46 bits per heavy atom.